The molecule has 6 aromatic rings. The Hall–Kier alpha value is -3.63. The maximum absolute atomic E-state index is 6.02. The summed E-state index contributed by atoms with van der Waals surface area (Å²) in [5.41, 5.74) is 6.86. The van der Waals surface area contributed by atoms with E-state index in [0.29, 0.717) is 12.6 Å². The highest BCUT2D eigenvalue weighted by Gasteiger charge is 2.22. The van der Waals surface area contributed by atoms with Crippen LogP contribution in [0.2, 0.25) is 0 Å². The lowest BCUT2D eigenvalue weighted by Crippen LogP contribution is -2.12. The van der Waals surface area contributed by atoms with Crippen molar-refractivity contribution < 1.29 is 4.74 Å². The van der Waals surface area contributed by atoms with Crippen LogP contribution in [0.15, 0.2) is 84.9 Å². The van der Waals surface area contributed by atoms with Gasteiger partial charge in [0.15, 0.2) is 0 Å². The normalized spacial score (nSPS) is 12.8. The summed E-state index contributed by atoms with van der Waals surface area (Å²) < 4.78 is 10.8. The molecule has 0 amide bonds. The van der Waals surface area contributed by atoms with Crippen molar-refractivity contribution in [2.75, 3.05) is 0 Å². The number of para-hydroxylation sites is 2. The average Bonchev–Trinajstić information content (AvgIpc) is 3.37. The van der Waals surface area contributed by atoms with Crippen molar-refractivity contribution in [2.45, 2.75) is 6.61 Å². The predicted molar refractivity (Wildman–Crippen MR) is 124 cm³/mol. The zero-order valence-corrected chi connectivity index (χ0v) is 16.8. The van der Waals surface area contributed by atoms with Gasteiger partial charge in [0.25, 0.3) is 0 Å². The van der Waals surface area contributed by atoms with E-state index in [9.17, 15) is 0 Å². The fourth-order valence-electron chi connectivity index (χ4n) is 4.58. The van der Waals surface area contributed by atoms with Gasteiger partial charge in [-0.05, 0) is 47.5 Å². The lowest BCUT2D eigenvalue weighted by atomic mass is 9.97. The van der Waals surface area contributed by atoms with Crippen LogP contribution in [0, 0.1) is 0 Å². The molecule has 142 valence electrons. The Morgan fingerprint density at radius 3 is 2.70 bits per heavy atom. The molecule has 4 aromatic carbocycles. The second-order valence-corrected chi connectivity index (χ2v) is 8.71. The Labute approximate surface area is 176 Å². The molecule has 1 aliphatic heterocycles. The topological polar surface area (TPSA) is 27.1 Å². The molecule has 4 heteroatoms. The van der Waals surface area contributed by atoms with Gasteiger partial charge in [0, 0.05) is 25.7 Å². The predicted octanol–water partition coefficient (Wildman–Crippen LogP) is 6.95. The van der Waals surface area contributed by atoms with Crippen LogP contribution in [-0.2, 0) is 6.61 Å². The molecular formula is C26H16N2OS. The second kappa shape index (κ2) is 5.94. The van der Waals surface area contributed by atoms with Crippen LogP contribution in [0.1, 0.15) is 5.56 Å². The molecule has 0 atom stereocenters. The maximum Gasteiger partial charge on any atom is 0.302 e. The molecule has 3 nitrogen and oxygen atoms in total. The van der Waals surface area contributed by atoms with Crippen molar-refractivity contribution >= 4 is 42.5 Å². The largest absolute Gasteiger partial charge is 0.459 e. The fourth-order valence-corrected chi connectivity index (χ4v) is 5.71. The molecule has 0 saturated heterocycles. The third kappa shape index (κ3) is 2.17. The lowest BCUT2D eigenvalue weighted by molar-refractivity contribution is 0.266. The van der Waals surface area contributed by atoms with Crippen LogP contribution in [0.5, 0.6) is 6.01 Å². The first-order chi connectivity index (χ1) is 14.9. The number of nitrogens with zero attached hydrogens (tertiary/aromatic N) is 2. The average molecular weight is 404 g/mol. The molecule has 3 heterocycles. The van der Waals surface area contributed by atoms with Crippen LogP contribution in [0.3, 0.4) is 0 Å². The number of hydrogen-bond donors (Lipinski definition) is 0. The molecule has 2 aromatic heterocycles. The summed E-state index contributed by atoms with van der Waals surface area (Å²) in [6.07, 6.45) is 0. The van der Waals surface area contributed by atoms with E-state index < -0.39 is 0 Å². The first kappa shape index (κ1) is 16.2. The van der Waals surface area contributed by atoms with Gasteiger partial charge < -0.3 is 4.74 Å². The van der Waals surface area contributed by atoms with Gasteiger partial charge in [0.2, 0.25) is 0 Å². The lowest BCUT2D eigenvalue weighted by Gasteiger charge is -2.20. The summed E-state index contributed by atoms with van der Waals surface area (Å²) in [6, 6.07) is 30.8. The van der Waals surface area contributed by atoms with Crippen LogP contribution < -0.4 is 4.74 Å². The standard InChI is InChI=1S/C26H16N2OS/c1-4-10-23-19(6-1)25-18(7-5-11-24(25)30-23)16-12-13-21-17(14-16)15-29-26-27-20-8-2-3-9-22(20)28(21)26/h1-14H,15H2. The minimum atomic E-state index is 0.535. The number of benzene rings is 4. The van der Waals surface area contributed by atoms with E-state index in [1.54, 1.807) is 0 Å². The Morgan fingerprint density at radius 2 is 1.70 bits per heavy atom. The molecule has 7 rings (SSSR count). The van der Waals surface area contributed by atoms with Crippen molar-refractivity contribution in [3.05, 3.63) is 90.5 Å². The van der Waals surface area contributed by atoms with Crippen LogP contribution in [0.25, 0.3) is 48.0 Å². The Bertz CT molecular complexity index is 1610. The van der Waals surface area contributed by atoms with Gasteiger partial charge in [-0.3, -0.25) is 4.57 Å². The number of aromatic nitrogens is 2. The van der Waals surface area contributed by atoms with Crippen LogP contribution >= 0.6 is 11.3 Å². The SMILES string of the molecule is c1ccc2c(c1)nc1n2-c2ccc(-c3cccc4sc5ccccc5c34)cc2CO1. The van der Waals surface area contributed by atoms with E-state index in [1.165, 1.54) is 36.9 Å². The number of thiophene rings is 1. The molecule has 0 unspecified atom stereocenters. The van der Waals surface area contributed by atoms with E-state index in [-0.39, 0.29) is 0 Å². The molecule has 0 spiro atoms. The summed E-state index contributed by atoms with van der Waals surface area (Å²) in [7, 11) is 0. The molecule has 30 heavy (non-hydrogen) atoms. The van der Waals surface area contributed by atoms with Gasteiger partial charge in [-0.25, -0.2) is 0 Å². The van der Waals surface area contributed by atoms with Crippen molar-refractivity contribution in [3.8, 4) is 22.8 Å². The number of imidazole rings is 1. The smallest absolute Gasteiger partial charge is 0.302 e. The Morgan fingerprint density at radius 1 is 0.833 bits per heavy atom. The molecule has 0 radical (unpaired) electrons. The monoisotopic (exact) mass is 404 g/mol. The van der Waals surface area contributed by atoms with Gasteiger partial charge >= 0.3 is 6.01 Å². The van der Waals surface area contributed by atoms with Crippen molar-refractivity contribution in [1.82, 2.24) is 9.55 Å². The molecule has 1 aliphatic rings. The third-order valence-electron chi connectivity index (χ3n) is 5.92. The Kier molecular flexibility index (Phi) is 3.21. The minimum absolute atomic E-state index is 0.535. The summed E-state index contributed by atoms with van der Waals surface area (Å²) in [5.74, 6) is 0. The summed E-state index contributed by atoms with van der Waals surface area (Å²) in [5, 5.41) is 2.66. The van der Waals surface area contributed by atoms with Crippen LogP contribution in [0.4, 0.5) is 0 Å². The quantitative estimate of drug-likeness (QED) is 0.296. The van der Waals surface area contributed by atoms with E-state index >= 15 is 0 Å². The Balaban J connectivity index is 1.47. The summed E-state index contributed by atoms with van der Waals surface area (Å²) in [6.45, 7) is 0.535. The van der Waals surface area contributed by atoms with Gasteiger partial charge in [-0.15, -0.1) is 11.3 Å². The highest BCUT2D eigenvalue weighted by atomic mass is 32.1. The number of fused-ring (bicyclic) bond motifs is 8. The van der Waals surface area contributed by atoms with Crippen molar-refractivity contribution in [3.63, 3.8) is 0 Å². The van der Waals surface area contributed by atoms with Gasteiger partial charge in [0.05, 0.1) is 16.7 Å². The molecular weight excluding hydrogens is 388 g/mol. The molecule has 0 fully saturated rings. The summed E-state index contributed by atoms with van der Waals surface area (Å²) >= 11 is 1.86. The van der Waals surface area contributed by atoms with E-state index in [2.05, 4.69) is 76.3 Å². The third-order valence-corrected chi connectivity index (χ3v) is 7.06. The zero-order chi connectivity index (χ0) is 19.7. The number of hydrogen-bond acceptors (Lipinski definition) is 3. The number of ether oxygens (including phenoxy) is 1. The zero-order valence-electron chi connectivity index (χ0n) is 16.0. The first-order valence-corrected chi connectivity index (χ1v) is 10.8. The molecule has 0 bridgehead atoms. The summed E-state index contributed by atoms with van der Waals surface area (Å²) in [4.78, 5) is 4.64. The fraction of sp³-hybridized carbons (Fsp3) is 0.0385. The molecule has 0 saturated carbocycles. The van der Waals surface area contributed by atoms with Gasteiger partial charge in [-0.2, -0.15) is 4.98 Å². The van der Waals surface area contributed by atoms with Crippen LogP contribution in [-0.4, -0.2) is 9.55 Å². The van der Waals surface area contributed by atoms with Gasteiger partial charge in [-0.1, -0.05) is 48.5 Å². The molecule has 0 aliphatic carbocycles. The number of rotatable bonds is 1. The first-order valence-electron chi connectivity index (χ1n) is 10.0. The highest BCUT2D eigenvalue weighted by Crippen LogP contribution is 2.41. The van der Waals surface area contributed by atoms with E-state index in [0.717, 1.165) is 16.7 Å². The van der Waals surface area contributed by atoms with Crippen molar-refractivity contribution in [1.29, 1.82) is 0 Å². The second-order valence-electron chi connectivity index (χ2n) is 7.63. The van der Waals surface area contributed by atoms with Gasteiger partial charge in [0.1, 0.15) is 6.61 Å². The van der Waals surface area contributed by atoms with E-state index in [1.807, 2.05) is 29.5 Å². The van der Waals surface area contributed by atoms with Crippen molar-refractivity contribution in [2.24, 2.45) is 0 Å². The highest BCUT2D eigenvalue weighted by molar-refractivity contribution is 7.25. The minimum Gasteiger partial charge on any atom is -0.459 e. The maximum atomic E-state index is 6.02. The van der Waals surface area contributed by atoms with E-state index in [4.69, 9.17) is 4.74 Å². The molecule has 0 N–H and O–H groups in total.